The van der Waals surface area contributed by atoms with Gasteiger partial charge in [0.25, 0.3) is 0 Å². The fraction of sp³-hybridized carbons (Fsp3) is 0.640. The molecule has 4 rings (SSSR count). The molecule has 0 unspecified atom stereocenters. The molecular weight excluding hydrogens is 364 g/mol. The van der Waals surface area contributed by atoms with Crippen molar-refractivity contribution in [1.29, 1.82) is 0 Å². The highest BCUT2D eigenvalue weighted by Crippen LogP contribution is 2.69. The maximum absolute atomic E-state index is 12.8. The van der Waals surface area contributed by atoms with Gasteiger partial charge in [-0.3, -0.25) is 14.4 Å². The summed E-state index contributed by atoms with van der Waals surface area (Å²) < 4.78 is 5.82. The number of ether oxygens (including phenoxy) is 1. The Balaban J connectivity index is 1.75. The molecule has 6 atom stereocenters. The van der Waals surface area contributed by atoms with Crippen molar-refractivity contribution in [3.05, 3.63) is 36.0 Å². The fourth-order valence-corrected chi connectivity index (χ4v) is 7.64. The van der Waals surface area contributed by atoms with Gasteiger partial charge in [0.1, 0.15) is 0 Å². The number of rotatable bonds is 2. The molecule has 0 saturated heterocycles. The SMILES string of the molecule is C=C1C(=C)[C@@]2(C)C(=CC1=O)CC[C@@H]1[C@@H]2CC[C@@]2(C)[C@H]1CC[C@]2(OC(C)=O)C(C)=O. The Bertz CT molecular complexity index is 879. The highest BCUT2D eigenvalue weighted by molar-refractivity contribution is 6.09. The Morgan fingerprint density at radius 3 is 2.34 bits per heavy atom. The average molecular weight is 397 g/mol. The summed E-state index contributed by atoms with van der Waals surface area (Å²) in [5, 5.41) is 0. The Hall–Kier alpha value is -1.97. The molecule has 0 amide bonds. The van der Waals surface area contributed by atoms with Gasteiger partial charge in [-0.05, 0) is 74.9 Å². The summed E-state index contributed by atoms with van der Waals surface area (Å²) >= 11 is 0. The lowest BCUT2D eigenvalue weighted by Gasteiger charge is -2.59. The van der Waals surface area contributed by atoms with Crippen LogP contribution in [0.4, 0.5) is 0 Å². The first-order valence-corrected chi connectivity index (χ1v) is 10.8. The van der Waals surface area contributed by atoms with Crippen LogP contribution >= 0.6 is 0 Å². The first kappa shape index (κ1) is 20.3. The molecule has 4 heteroatoms. The van der Waals surface area contributed by atoms with Gasteiger partial charge in [0.05, 0.1) is 0 Å². The van der Waals surface area contributed by atoms with Crippen LogP contribution < -0.4 is 0 Å². The number of carbonyl (C=O) groups is 3. The van der Waals surface area contributed by atoms with E-state index in [0.29, 0.717) is 29.7 Å². The number of allylic oxidation sites excluding steroid dienone is 3. The molecule has 4 aliphatic carbocycles. The minimum Gasteiger partial charge on any atom is -0.451 e. The van der Waals surface area contributed by atoms with E-state index in [0.717, 1.165) is 37.7 Å². The predicted octanol–water partition coefficient (Wildman–Crippen LogP) is 4.74. The summed E-state index contributed by atoms with van der Waals surface area (Å²) in [6.45, 7) is 15.7. The smallest absolute Gasteiger partial charge is 0.303 e. The van der Waals surface area contributed by atoms with E-state index >= 15 is 0 Å². The van der Waals surface area contributed by atoms with Crippen LogP contribution in [0, 0.1) is 28.6 Å². The van der Waals surface area contributed by atoms with E-state index in [9.17, 15) is 14.4 Å². The quantitative estimate of drug-likeness (QED) is 0.500. The zero-order valence-corrected chi connectivity index (χ0v) is 18.1. The lowest BCUT2D eigenvalue weighted by atomic mass is 9.45. The lowest BCUT2D eigenvalue weighted by Crippen LogP contribution is -2.58. The van der Waals surface area contributed by atoms with Gasteiger partial charge < -0.3 is 4.74 Å². The molecule has 0 heterocycles. The summed E-state index contributed by atoms with van der Waals surface area (Å²) in [7, 11) is 0. The van der Waals surface area contributed by atoms with Crippen LogP contribution in [0.2, 0.25) is 0 Å². The van der Waals surface area contributed by atoms with E-state index in [1.807, 2.05) is 0 Å². The van der Waals surface area contributed by atoms with Crippen molar-refractivity contribution < 1.29 is 19.1 Å². The van der Waals surface area contributed by atoms with E-state index in [-0.39, 0.29) is 28.4 Å². The van der Waals surface area contributed by atoms with Crippen molar-refractivity contribution in [2.24, 2.45) is 28.6 Å². The van der Waals surface area contributed by atoms with E-state index in [1.54, 1.807) is 13.0 Å². The van der Waals surface area contributed by atoms with Gasteiger partial charge in [0.15, 0.2) is 17.2 Å². The van der Waals surface area contributed by atoms with Crippen LogP contribution in [-0.2, 0) is 19.1 Å². The third-order valence-electron chi connectivity index (χ3n) is 9.19. The third kappa shape index (κ3) is 2.41. The molecule has 0 radical (unpaired) electrons. The van der Waals surface area contributed by atoms with Crippen LogP contribution in [0.3, 0.4) is 0 Å². The van der Waals surface area contributed by atoms with Crippen molar-refractivity contribution in [2.45, 2.75) is 71.8 Å². The number of hydrogen-bond acceptors (Lipinski definition) is 4. The van der Waals surface area contributed by atoms with Crippen molar-refractivity contribution in [3.63, 3.8) is 0 Å². The molecule has 4 nitrogen and oxygen atoms in total. The Kier molecular flexibility index (Phi) is 4.39. The Morgan fingerprint density at radius 2 is 1.72 bits per heavy atom. The van der Waals surface area contributed by atoms with Gasteiger partial charge in [0, 0.05) is 23.3 Å². The van der Waals surface area contributed by atoms with Crippen molar-refractivity contribution in [2.75, 3.05) is 0 Å². The van der Waals surface area contributed by atoms with Crippen LogP contribution in [0.5, 0.6) is 0 Å². The van der Waals surface area contributed by atoms with E-state index in [2.05, 4.69) is 27.0 Å². The normalized spacial score (nSPS) is 43.8. The Morgan fingerprint density at radius 1 is 1.07 bits per heavy atom. The van der Waals surface area contributed by atoms with Gasteiger partial charge in [-0.15, -0.1) is 0 Å². The summed E-state index contributed by atoms with van der Waals surface area (Å²) in [5.41, 5.74) is 1.02. The van der Waals surface area contributed by atoms with Crippen LogP contribution in [0.15, 0.2) is 36.0 Å². The first-order chi connectivity index (χ1) is 13.5. The highest BCUT2D eigenvalue weighted by Gasteiger charge is 2.68. The molecule has 0 aromatic rings. The fourth-order valence-electron chi connectivity index (χ4n) is 7.64. The van der Waals surface area contributed by atoms with E-state index < -0.39 is 5.60 Å². The zero-order chi connectivity index (χ0) is 21.4. The molecule has 0 bridgehead atoms. The van der Waals surface area contributed by atoms with Crippen LogP contribution in [-0.4, -0.2) is 23.1 Å². The lowest BCUT2D eigenvalue weighted by molar-refractivity contribution is -0.186. The minimum absolute atomic E-state index is 0.00658. The monoisotopic (exact) mass is 396 g/mol. The zero-order valence-electron chi connectivity index (χ0n) is 18.1. The molecule has 3 fully saturated rings. The van der Waals surface area contributed by atoms with Crippen molar-refractivity contribution >= 4 is 17.5 Å². The first-order valence-electron chi connectivity index (χ1n) is 10.8. The molecule has 0 N–H and O–H groups in total. The molecule has 156 valence electrons. The van der Waals surface area contributed by atoms with Gasteiger partial charge in [0.2, 0.25) is 0 Å². The number of esters is 1. The molecule has 0 aliphatic heterocycles. The second-order valence-electron chi connectivity index (χ2n) is 10.1. The largest absolute Gasteiger partial charge is 0.451 e. The summed E-state index contributed by atoms with van der Waals surface area (Å²) in [6, 6.07) is 0. The number of hydrogen-bond donors (Lipinski definition) is 0. The van der Waals surface area contributed by atoms with Crippen molar-refractivity contribution in [3.8, 4) is 0 Å². The van der Waals surface area contributed by atoms with Gasteiger partial charge >= 0.3 is 5.97 Å². The van der Waals surface area contributed by atoms with Crippen LogP contribution in [0.1, 0.15) is 66.2 Å². The molecule has 3 saturated carbocycles. The number of carbonyl (C=O) groups excluding carboxylic acids is 3. The van der Waals surface area contributed by atoms with Crippen molar-refractivity contribution in [1.82, 2.24) is 0 Å². The second-order valence-corrected chi connectivity index (χ2v) is 10.1. The summed E-state index contributed by atoms with van der Waals surface area (Å²) in [6.07, 6.45) is 6.96. The average Bonchev–Trinajstić information content (AvgIpc) is 2.94. The number of fused-ring (bicyclic) bond motifs is 5. The standard InChI is InChI=1S/C25H32O4/c1-14-15(2)24(6)18(13-22(14)28)7-8-19-20-10-12-25(16(3)26,29-17(4)27)23(20,5)11-9-21(19)24/h13,19-21H,1-2,7-12H2,3-6H3/t19-,20-,21-,23-,24-,25-/m0/s1. The molecule has 0 aromatic carbocycles. The predicted molar refractivity (Wildman–Crippen MR) is 111 cm³/mol. The molecule has 29 heavy (non-hydrogen) atoms. The minimum atomic E-state index is -1.01. The molecular formula is C25H32O4. The summed E-state index contributed by atoms with van der Waals surface area (Å²) in [5.74, 6) is 0.707. The second kappa shape index (κ2) is 6.26. The maximum atomic E-state index is 12.8. The van der Waals surface area contributed by atoms with Gasteiger partial charge in [-0.25, -0.2) is 0 Å². The van der Waals surface area contributed by atoms with Crippen LogP contribution in [0.25, 0.3) is 0 Å². The summed E-state index contributed by atoms with van der Waals surface area (Å²) in [4.78, 5) is 37.1. The van der Waals surface area contributed by atoms with Gasteiger partial charge in [-0.2, -0.15) is 0 Å². The molecule has 0 aromatic heterocycles. The number of ketones is 2. The highest BCUT2D eigenvalue weighted by atomic mass is 16.6. The van der Waals surface area contributed by atoms with E-state index in [4.69, 9.17) is 4.74 Å². The topological polar surface area (TPSA) is 60.4 Å². The molecule has 4 aliphatic rings. The molecule has 0 spiro atoms. The van der Waals surface area contributed by atoms with E-state index in [1.165, 1.54) is 12.5 Å². The Labute approximate surface area is 173 Å². The third-order valence-corrected chi connectivity index (χ3v) is 9.19. The number of Topliss-reactive ketones (excluding diaryl/α,β-unsaturated/α-hetero) is 1. The maximum Gasteiger partial charge on any atom is 0.303 e. The van der Waals surface area contributed by atoms with Gasteiger partial charge in [-0.1, -0.05) is 32.6 Å².